The molecule has 4 nitrogen and oxygen atoms in total. The molecule has 1 amide bonds. The Kier molecular flexibility index (Phi) is 4.30. The van der Waals surface area contributed by atoms with E-state index in [1.807, 2.05) is 14.1 Å². The zero-order valence-corrected chi connectivity index (χ0v) is 15.5. The first kappa shape index (κ1) is 19.0. The van der Waals surface area contributed by atoms with Gasteiger partial charge in [0.05, 0.1) is 5.56 Å². The fraction of sp³-hybridized carbons (Fsp3) is 0.632. The third-order valence-corrected chi connectivity index (χ3v) is 5.81. The molecule has 1 N–H and O–H groups in total. The molecule has 1 saturated carbocycles. The lowest BCUT2D eigenvalue weighted by atomic mass is 9.48. The first-order valence-corrected chi connectivity index (χ1v) is 8.69. The van der Waals surface area contributed by atoms with Gasteiger partial charge in [-0.1, -0.05) is 13.8 Å². The van der Waals surface area contributed by atoms with E-state index < -0.39 is 23.4 Å². The zero-order valence-electron chi connectivity index (χ0n) is 15.5. The summed E-state index contributed by atoms with van der Waals surface area (Å²) < 4.78 is 39.0. The highest BCUT2D eigenvalue weighted by Gasteiger charge is 2.63. The standard InChI is InChI=1S/C19H25F3N2O2/c1-17(2)9-18(10-23(3)4)11-24(8-15(17)18)16(26)12-5-13(19(20,21)22)7-14(25)6-12/h5-7,15,25H,8-11H2,1-4H3/t15-,18+/m1/s1. The molecular formula is C19H25F3N2O2. The van der Waals surface area contributed by atoms with E-state index in [2.05, 4.69) is 18.7 Å². The zero-order chi connectivity index (χ0) is 19.5. The minimum atomic E-state index is -4.61. The lowest BCUT2D eigenvalue weighted by molar-refractivity contribution is -0.137. The highest BCUT2D eigenvalue weighted by Crippen LogP contribution is 2.63. The van der Waals surface area contributed by atoms with Crippen LogP contribution in [0.1, 0.15) is 36.2 Å². The number of phenols is 1. The molecule has 144 valence electrons. The van der Waals surface area contributed by atoms with Crippen molar-refractivity contribution < 1.29 is 23.1 Å². The van der Waals surface area contributed by atoms with Crippen LogP contribution in [0.25, 0.3) is 0 Å². The molecule has 1 aliphatic carbocycles. The van der Waals surface area contributed by atoms with Gasteiger partial charge in [-0.2, -0.15) is 13.2 Å². The summed E-state index contributed by atoms with van der Waals surface area (Å²) in [7, 11) is 3.99. The van der Waals surface area contributed by atoms with Gasteiger partial charge in [-0.25, -0.2) is 0 Å². The summed E-state index contributed by atoms with van der Waals surface area (Å²) in [5.74, 6) is -0.677. The van der Waals surface area contributed by atoms with E-state index in [0.29, 0.717) is 25.1 Å². The quantitative estimate of drug-likeness (QED) is 0.886. The van der Waals surface area contributed by atoms with Gasteiger partial charge in [0.15, 0.2) is 0 Å². The Labute approximate surface area is 151 Å². The van der Waals surface area contributed by atoms with Crippen LogP contribution in [-0.2, 0) is 6.18 Å². The number of likely N-dealkylation sites (tertiary alicyclic amines) is 1. The Morgan fingerprint density at radius 2 is 1.96 bits per heavy atom. The summed E-state index contributed by atoms with van der Waals surface area (Å²) in [5.41, 5.74) is -1.02. The number of phenolic OH excluding ortho intramolecular Hbond substituents is 1. The van der Waals surface area contributed by atoms with E-state index in [1.165, 1.54) is 0 Å². The van der Waals surface area contributed by atoms with Crippen LogP contribution in [0.5, 0.6) is 5.75 Å². The predicted molar refractivity (Wildman–Crippen MR) is 91.9 cm³/mol. The van der Waals surface area contributed by atoms with Gasteiger partial charge in [-0.3, -0.25) is 4.79 Å². The normalized spacial score (nSPS) is 27.4. The summed E-state index contributed by atoms with van der Waals surface area (Å²) in [5, 5.41) is 9.64. The first-order valence-electron chi connectivity index (χ1n) is 8.69. The number of amides is 1. The van der Waals surface area contributed by atoms with Gasteiger partial charge in [0.25, 0.3) is 5.91 Å². The van der Waals surface area contributed by atoms with E-state index in [1.54, 1.807) is 4.90 Å². The van der Waals surface area contributed by atoms with Crippen LogP contribution in [0.4, 0.5) is 13.2 Å². The minimum absolute atomic E-state index is 0.00760. The number of carbonyl (C=O) groups excluding carboxylic acids is 1. The van der Waals surface area contributed by atoms with E-state index in [9.17, 15) is 23.1 Å². The number of carbonyl (C=O) groups is 1. The van der Waals surface area contributed by atoms with Crippen LogP contribution < -0.4 is 0 Å². The number of hydrogen-bond acceptors (Lipinski definition) is 3. The van der Waals surface area contributed by atoms with Crippen molar-refractivity contribution in [3.8, 4) is 5.75 Å². The second kappa shape index (κ2) is 5.87. The van der Waals surface area contributed by atoms with Crippen LogP contribution in [0.15, 0.2) is 18.2 Å². The largest absolute Gasteiger partial charge is 0.508 e. The number of hydrogen-bond donors (Lipinski definition) is 1. The Hall–Kier alpha value is -1.76. The molecule has 2 aliphatic rings. The van der Waals surface area contributed by atoms with Crippen molar-refractivity contribution in [2.75, 3.05) is 33.7 Å². The molecule has 0 aromatic heterocycles. The molecule has 7 heteroatoms. The molecule has 1 saturated heterocycles. The van der Waals surface area contributed by atoms with Gasteiger partial charge in [0, 0.05) is 30.6 Å². The molecule has 1 aromatic carbocycles. The van der Waals surface area contributed by atoms with Gasteiger partial charge >= 0.3 is 6.18 Å². The van der Waals surface area contributed by atoms with Crippen LogP contribution in [0, 0.1) is 16.7 Å². The van der Waals surface area contributed by atoms with Crippen molar-refractivity contribution in [3.05, 3.63) is 29.3 Å². The Morgan fingerprint density at radius 1 is 1.31 bits per heavy atom. The molecule has 26 heavy (non-hydrogen) atoms. The summed E-state index contributed by atoms with van der Waals surface area (Å²) in [6.45, 7) is 6.27. The number of nitrogens with zero attached hydrogens (tertiary/aromatic N) is 2. The Balaban J connectivity index is 1.87. The van der Waals surface area contributed by atoms with Crippen molar-refractivity contribution in [1.82, 2.24) is 9.80 Å². The van der Waals surface area contributed by atoms with E-state index in [-0.39, 0.29) is 16.4 Å². The average Bonchev–Trinajstić information content (AvgIpc) is 2.78. The number of benzene rings is 1. The number of alkyl halides is 3. The average molecular weight is 370 g/mol. The predicted octanol–water partition coefficient (Wildman–Crippen LogP) is 3.46. The second-order valence-electron chi connectivity index (χ2n) is 8.77. The number of halogens is 3. The van der Waals surface area contributed by atoms with E-state index in [0.717, 1.165) is 25.1 Å². The second-order valence-corrected chi connectivity index (χ2v) is 8.77. The molecule has 1 aromatic rings. The highest BCUT2D eigenvalue weighted by atomic mass is 19.4. The fourth-order valence-electron chi connectivity index (χ4n) is 5.20. The van der Waals surface area contributed by atoms with Gasteiger partial charge in [-0.15, -0.1) is 0 Å². The molecule has 1 heterocycles. The molecule has 0 spiro atoms. The summed E-state index contributed by atoms with van der Waals surface area (Å²) in [4.78, 5) is 16.6. The van der Waals surface area contributed by atoms with E-state index in [4.69, 9.17) is 0 Å². The van der Waals surface area contributed by atoms with Crippen LogP contribution in [0.3, 0.4) is 0 Å². The van der Waals surface area contributed by atoms with Crippen LogP contribution in [0.2, 0.25) is 0 Å². The molecule has 2 fully saturated rings. The monoisotopic (exact) mass is 370 g/mol. The lowest BCUT2D eigenvalue weighted by Crippen LogP contribution is -2.57. The van der Waals surface area contributed by atoms with E-state index >= 15 is 0 Å². The lowest BCUT2D eigenvalue weighted by Gasteiger charge is -2.57. The van der Waals surface area contributed by atoms with Crippen molar-refractivity contribution >= 4 is 5.91 Å². The molecule has 1 aliphatic heterocycles. The van der Waals surface area contributed by atoms with Crippen LogP contribution >= 0.6 is 0 Å². The maximum absolute atomic E-state index is 13.0. The molecule has 3 rings (SSSR count). The van der Waals surface area contributed by atoms with Crippen molar-refractivity contribution in [1.29, 1.82) is 0 Å². The molecule has 0 radical (unpaired) electrons. The highest BCUT2D eigenvalue weighted by molar-refractivity contribution is 5.95. The fourth-order valence-corrected chi connectivity index (χ4v) is 5.20. The SMILES string of the molecule is CN(C)C[C@@]12CN(C(=O)c3cc(O)cc(C(F)(F)F)c3)C[C@@H]1C(C)(C)C2. The third kappa shape index (κ3) is 3.17. The van der Waals surface area contributed by atoms with Gasteiger partial charge in [0.1, 0.15) is 5.75 Å². The molecule has 0 bridgehead atoms. The molecule has 2 atom stereocenters. The first-order chi connectivity index (χ1) is 11.8. The molecular weight excluding hydrogens is 345 g/mol. The van der Waals surface area contributed by atoms with Gasteiger partial charge < -0.3 is 14.9 Å². The molecule has 0 unspecified atom stereocenters. The summed E-state index contributed by atoms with van der Waals surface area (Å²) >= 11 is 0. The minimum Gasteiger partial charge on any atom is -0.508 e. The number of aromatic hydroxyl groups is 1. The maximum atomic E-state index is 13.0. The van der Waals surface area contributed by atoms with Crippen molar-refractivity contribution in [2.24, 2.45) is 16.7 Å². The van der Waals surface area contributed by atoms with Gasteiger partial charge in [0.2, 0.25) is 0 Å². The third-order valence-electron chi connectivity index (χ3n) is 5.81. The summed E-state index contributed by atoms with van der Waals surface area (Å²) in [6, 6.07) is 2.58. The number of fused-ring (bicyclic) bond motifs is 1. The summed E-state index contributed by atoms with van der Waals surface area (Å²) in [6.07, 6.45) is -3.62. The van der Waals surface area contributed by atoms with Gasteiger partial charge in [-0.05, 0) is 50.0 Å². The smallest absolute Gasteiger partial charge is 0.416 e. The maximum Gasteiger partial charge on any atom is 0.416 e. The number of rotatable bonds is 3. The van der Waals surface area contributed by atoms with Crippen molar-refractivity contribution in [2.45, 2.75) is 26.4 Å². The Morgan fingerprint density at radius 3 is 2.50 bits per heavy atom. The van der Waals surface area contributed by atoms with Crippen molar-refractivity contribution in [3.63, 3.8) is 0 Å². The van der Waals surface area contributed by atoms with Crippen LogP contribution in [-0.4, -0.2) is 54.5 Å². The Bertz CT molecular complexity index is 726. The topological polar surface area (TPSA) is 43.8 Å².